The van der Waals surface area contributed by atoms with Gasteiger partial charge in [-0.05, 0) is 61.7 Å². The SMILES string of the molecule is Cc1ccc(NC(=O)[C@H](CN(Cc2ccc3c(c2)OCO3)C[C@@H]2CCCO2)Oc2cccc(F)c2)cc1. The van der Waals surface area contributed by atoms with E-state index in [1.165, 1.54) is 12.1 Å². The van der Waals surface area contributed by atoms with Gasteiger partial charge in [-0.1, -0.05) is 29.8 Å². The van der Waals surface area contributed by atoms with Crippen LogP contribution in [0.2, 0.25) is 0 Å². The number of halogens is 1. The third-order valence-corrected chi connectivity index (χ3v) is 6.44. The molecule has 194 valence electrons. The summed E-state index contributed by atoms with van der Waals surface area (Å²) in [5.74, 6) is 0.991. The molecule has 7 nitrogen and oxygen atoms in total. The Balaban J connectivity index is 1.37. The molecule has 1 fully saturated rings. The predicted molar refractivity (Wildman–Crippen MR) is 137 cm³/mol. The van der Waals surface area contributed by atoms with Crippen molar-refractivity contribution in [1.29, 1.82) is 0 Å². The molecule has 5 rings (SSSR count). The van der Waals surface area contributed by atoms with Gasteiger partial charge in [0.1, 0.15) is 11.6 Å². The normalized spacial score (nSPS) is 17.1. The first-order valence-electron chi connectivity index (χ1n) is 12.5. The molecule has 0 spiro atoms. The monoisotopic (exact) mass is 506 g/mol. The average molecular weight is 507 g/mol. The van der Waals surface area contributed by atoms with Crippen molar-refractivity contribution in [3.05, 3.63) is 83.7 Å². The number of aryl methyl sites for hydroxylation is 1. The van der Waals surface area contributed by atoms with E-state index in [-0.39, 0.29) is 25.3 Å². The molecule has 2 aliphatic heterocycles. The fraction of sp³-hybridized carbons (Fsp3) is 0.345. The minimum absolute atomic E-state index is 0.0731. The highest BCUT2D eigenvalue weighted by atomic mass is 19.1. The molecule has 0 radical (unpaired) electrons. The van der Waals surface area contributed by atoms with Gasteiger partial charge in [-0.2, -0.15) is 0 Å². The van der Waals surface area contributed by atoms with E-state index in [2.05, 4.69) is 10.2 Å². The number of carbonyl (C=O) groups excluding carboxylic acids is 1. The summed E-state index contributed by atoms with van der Waals surface area (Å²) in [6.07, 6.45) is 1.16. The Hall–Kier alpha value is -3.62. The van der Waals surface area contributed by atoms with Crippen molar-refractivity contribution in [2.24, 2.45) is 0 Å². The van der Waals surface area contributed by atoms with Crippen LogP contribution in [-0.4, -0.2) is 49.5 Å². The van der Waals surface area contributed by atoms with Crippen LogP contribution in [0.3, 0.4) is 0 Å². The Labute approximate surface area is 216 Å². The van der Waals surface area contributed by atoms with Gasteiger partial charge in [0.15, 0.2) is 17.6 Å². The Bertz CT molecular complexity index is 1210. The molecule has 0 unspecified atom stereocenters. The second-order valence-corrected chi connectivity index (χ2v) is 9.44. The lowest BCUT2D eigenvalue weighted by atomic mass is 10.1. The van der Waals surface area contributed by atoms with Crippen LogP contribution in [-0.2, 0) is 16.1 Å². The van der Waals surface area contributed by atoms with E-state index in [0.29, 0.717) is 30.3 Å². The highest BCUT2D eigenvalue weighted by molar-refractivity contribution is 5.94. The Morgan fingerprint density at radius 2 is 1.95 bits per heavy atom. The number of anilines is 1. The Kier molecular flexibility index (Phi) is 7.87. The van der Waals surface area contributed by atoms with Gasteiger partial charge in [0.2, 0.25) is 6.79 Å². The number of benzene rings is 3. The van der Waals surface area contributed by atoms with Crippen molar-refractivity contribution in [2.75, 3.05) is 31.8 Å². The zero-order chi connectivity index (χ0) is 25.6. The largest absolute Gasteiger partial charge is 0.479 e. The Morgan fingerprint density at radius 3 is 2.73 bits per heavy atom. The van der Waals surface area contributed by atoms with Crippen LogP contribution in [0.25, 0.3) is 0 Å². The molecule has 1 saturated heterocycles. The number of nitrogens with one attached hydrogen (secondary N) is 1. The molecule has 1 amide bonds. The third kappa shape index (κ3) is 6.78. The first-order chi connectivity index (χ1) is 18.0. The van der Waals surface area contributed by atoms with E-state index >= 15 is 0 Å². The average Bonchev–Trinajstić information content (AvgIpc) is 3.57. The molecule has 3 aromatic carbocycles. The summed E-state index contributed by atoms with van der Waals surface area (Å²) in [5.41, 5.74) is 2.78. The second-order valence-electron chi connectivity index (χ2n) is 9.44. The van der Waals surface area contributed by atoms with Crippen molar-refractivity contribution in [3.63, 3.8) is 0 Å². The van der Waals surface area contributed by atoms with E-state index in [0.717, 1.165) is 36.3 Å². The predicted octanol–water partition coefficient (Wildman–Crippen LogP) is 4.93. The number of rotatable bonds is 10. The fourth-order valence-corrected chi connectivity index (χ4v) is 4.55. The summed E-state index contributed by atoms with van der Waals surface area (Å²) in [6.45, 7) is 4.40. The van der Waals surface area contributed by atoms with E-state index in [9.17, 15) is 9.18 Å². The molecule has 2 aliphatic rings. The molecule has 2 heterocycles. The van der Waals surface area contributed by atoms with Crippen LogP contribution in [0.1, 0.15) is 24.0 Å². The first-order valence-corrected chi connectivity index (χ1v) is 12.5. The minimum atomic E-state index is -0.890. The van der Waals surface area contributed by atoms with Crippen LogP contribution in [0.15, 0.2) is 66.7 Å². The zero-order valence-corrected chi connectivity index (χ0v) is 20.8. The molecule has 0 bridgehead atoms. The Morgan fingerprint density at radius 1 is 1.11 bits per heavy atom. The molecular formula is C29H31FN2O5. The number of ether oxygens (including phenoxy) is 4. The maximum atomic E-state index is 13.9. The summed E-state index contributed by atoms with van der Waals surface area (Å²) >= 11 is 0. The van der Waals surface area contributed by atoms with Gasteiger partial charge < -0.3 is 24.3 Å². The van der Waals surface area contributed by atoms with Crippen molar-refractivity contribution in [3.8, 4) is 17.2 Å². The van der Waals surface area contributed by atoms with Gasteiger partial charge in [0.05, 0.1) is 6.10 Å². The van der Waals surface area contributed by atoms with Crippen LogP contribution in [0.4, 0.5) is 10.1 Å². The van der Waals surface area contributed by atoms with Gasteiger partial charge in [-0.15, -0.1) is 0 Å². The van der Waals surface area contributed by atoms with Gasteiger partial charge in [-0.3, -0.25) is 9.69 Å². The van der Waals surface area contributed by atoms with E-state index in [4.69, 9.17) is 18.9 Å². The van der Waals surface area contributed by atoms with Crippen LogP contribution in [0, 0.1) is 12.7 Å². The molecule has 3 aromatic rings. The molecule has 8 heteroatoms. The lowest BCUT2D eigenvalue weighted by Gasteiger charge is -2.29. The number of fused-ring (bicyclic) bond motifs is 1. The minimum Gasteiger partial charge on any atom is -0.479 e. The number of hydrogen-bond donors (Lipinski definition) is 1. The van der Waals surface area contributed by atoms with Gasteiger partial charge >= 0.3 is 0 Å². The number of nitrogens with zero attached hydrogens (tertiary/aromatic N) is 1. The molecule has 2 atom stereocenters. The fourth-order valence-electron chi connectivity index (χ4n) is 4.55. The van der Waals surface area contributed by atoms with Gasteiger partial charge in [0, 0.05) is 38.0 Å². The molecular weight excluding hydrogens is 475 g/mol. The lowest BCUT2D eigenvalue weighted by molar-refractivity contribution is -0.123. The summed E-state index contributed by atoms with van der Waals surface area (Å²) < 4.78 is 36.9. The van der Waals surface area contributed by atoms with Gasteiger partial charge in [-0.25, -0.2) is 4.39 Å². The lowest BCUT2D eigenvalue weighted by Crippen LogP contribution is -2.45. The summed E-state index contributed by atoms with van der Waals surface area (Å²) in [4.78, 5) is 15.6. The summed E-state index contributed by atoms with van der Waals surface area (Å²) in [6, 6.07) is 19.3. The molecule has 0 saturated carbocycles. The molecule has 0 aliphatic carbocycles. The highest BCUT2D eigenvalue weighted by Crippen LogP contribution is 2.33. The quantitative estimate of drug-likeness (QED) is 0.421. The maximum absolute atomic E-state index is 13.9. The van der Waals surface area contributed by atoms with Crippen molar-refractivity contribution >= 4 is 11.6 Å². The molecule has 0 aromatic heterocycles. The molecule has 1 N–H and O–H groups in total. The zero-order valence-electron chi connectivity index (χ0n) is 20.8. The first kappa shape index (κ1) is 25.0. The topological polar surface area (TPSA) is 69.3 Å². The molecule has 37 heavy (non-hydrogen) atoms. The maximum Gasteiger partial charge on any atom is 0.266 e. The summed E-state index contributed by atoms with van der Waals surface area (Å²) in [7, 11) is 0. The van der Waals surface area contributed by atoms with Crippen molar-refractivity contribution in [2.45, 2.75) is 38.5 Å². The van der Waals surface area contributed by atoms with Crippen LogP contribution in [0.5, 0.6) is 17.2 Å². The number of amides is 1. The van der Waals surface area contributed by atoms with E-state index < -0.39 is 11.9 Å². The van der Waals surface area contributed by atoms with Crippen LogP contribution < -0.4 is 19.5 Å². The third-order valence-electron chi connectivity index (χ3n) is 6.44. The van der Waals surface area contributed by atoms with Crippen molar-refractivity contribution in [1.82, 2.24) is 4.90 Å². The number of carbonyl (C=O) groups is 1. The van der Waals surface area contributed by atoms with Gasteiger partial charge in [0.25, 0.3) is 5.91 Å². The standard InChI is InChI=1S/C29H31FN2O5/c1-20-7-10-23(11-8-20)31-29(33)28(37-24-5-2-4-22(30)15-24)18-32(17-25-6-3-13-34-25)16-21-9-12-26-27(14-21)36-19-35-26/h2,4-5,7-12,14-15,25,28H,3,6,13,16-19H2,1H3,(H,31,33)/t25-,28-/m0/s1. The van der Waals surface area contributed by atoms with Crippen LogP contribution >= 0.6 is 0 Å². The van der Waals surface area contributed by atoms with E-state index in [1.54, 1.807) is 12.1 Å². The second kappa shape index (κ2) is 11.6. The highest BCUT2D eigenvalue weighted by Gasteiger charge is 2.28. The van der Waals surface area contributed by atoms with E-state index in [1.807, 2.05) is 49.4 Å². The number of hydrogen-bond acceptors (Lipinski definition) is 6. The summed E-state index contributed by atoms with van der Waals surface area (Å²) in [5, 5.41) is 2.95. The smallest absolute Gasteiger partial charge is 0.266 e. The van der Waals surface area contributed by atoms with Crippen molar-refractivity contribution < 1.29 is 28.1 Å².